The second-order valence-electron chi connectivity index (χ2n) is 6.96. The summed E-state index contributed by atoms with van der Waals surface area (Å²) in [7, 11) is 0. The van der Waals surface area contributed by atoms with Gasteiger partial charge < -0.3 is 4.90 Å². The lowest BCUT2D eigenvalue weighted by atomic mass is 9.96. The van der Waals surface area contributed by atoms with Crippen molar-refractivity contribution in [1.82, 2.24) is 20.1 Å². The molecule has 0 radical (unpaired) electrons. The number of amides is 1. The van der Waals surface area contributed by atoms with E-state index in [0.29, 0.717) is 30.1 Å². The molecule has 0 spiro atoms. The van der Waals surface area contributed by atoms with E-state index < -0.39 is 0 Å². The molecule has 1 atom stereocenters. The maximum Gasteiger partial charge on any atom is 0.222 e. The molecule has 1 amide bonds. The van der Waals surface area contributed by atoms with Crippen LogP contribution >= 0.6 is 0 Å². The Morgan fingerprint density at radius 3 is 2.86 bits per heavy atom. The van der Waals surface area contributed by atoms with Crippen molar-refractivity contribution in [3.05, 3.63) is 11.6 Å². The molecule has 1 aromatic heterocycles. The van der Waals surface area contributed by atoms with E-state index >= 15 is 0 Å². The number of aromatic amines is 1. The topological polar surface area (TPSA) is 61.9 Å². The highest BCUT2D eigenvalue weighted by Crippen LogP contribution is 2.38. The lowest BCUT2D eigenvalue weighted by molar-refractivity contribution is -0.132. The second kappa shape index (κ2) is 6.16. The van der Waals surface area contributed by atoms with E-state index in [0.717, 1.165) is 44.0 Å². The summed E-state index contributed by atoms with van der Waals surface area (Å²) < 4.78 is 0. The van der Waals surface area contributed by atoms with Crippen LogP contribution in [0, 0.1) is 5.92 Å². The van der Waals surface area contributed by atoms with Crippen molar-refractivity contribution < 1.29 is 4.79 Å². The molecule has 2 aliphatic rings. The zero-order valence-electron chi connectivity index (χ0n) is 13.1. The number of carbonyl (C=O) groups is 1. The van der Waals surface area contributed by atoms with Gasteiger partial charge in [0, 0.05) is 31.3 Å². The number of H-pyrrole nitrogens is 1. The first-order valence-electron chi connectivity index (χ1n) is 8.33. The molecule has 0 aromatic carbocycles. The Morgan fingerprint density at radius 1 is 1.33 bits per heavy atom. The van der Waals surface area contributed by atoms with Gasteiger partial charge in [-0.1, -0.05) is 13.8 Å². The van der Waals surface area contributed by atoms with Crippen LogP contribution in [-0.2, 0) is 4.79 Å². The van der Waals surface area contributed by atoms with Gasteiger partial charge in [0.1, 0.15) is 5.82 Å². The van der Waals surface area contributed by atoms with Crippen LogP contribution in [0.4, 0.5) is 0 Å². The molecule has 5 heteroatoms. The quantitative estimate of drug-likeness (QED) is 0.907. The Morgan fingerprint density at radius 2 is 2.14 bits per heavy atom. The molecular weight excluding hydrogens is 264 g/mol. The Balaban J connectivity index is 1.57. The summed E-state index contributed by atoms with van der Waals surface area (Å²) in [6, 6.07) is 0. The summed E-state index contributed by atoms with van der Waals surface area (Å²) in [5.41, 5.74) is 0. The maximum atomic E-state index is 12.3. The summed E-state index contributed by atoms with van der Waals surface area (Å²) in [5, 5.41) is 7.48. The Kier molecular flexibility index (Phi) is 4.27. The largest absolute Gasteiger partial charge is 0.342 e. The van der Waals surface area contributed by atoms with Crippen molar-refractivity contribution >= 4 is 5.91 Å². The zero-order valence-corrected chi connectivity index (χ0v) is 13.1. The minimum atomic E-state index is 0.298. The monoisotopic (exact) mass is 290 g/mol. The Bertz CT molecular complexity index is 492. The minimum absolute atomic E-state index is 0.298. The van der Waals surface area contributed by atoms with Gasteiger partial charge in [-0.2, -0.15) is 5.10 Å². The zero-order chi connectivity index (χ0) is 14.8. The van der Waals surface area contributed by atoms with Crippen LogP contribution in [0.1, 0.15) is 75.9 Å². The van der Waals surface area contributed by atoms with Crippen molar-refractivity contribution in [2.45, 2.75) is 64.2 Å². The number of aromatic nitrogens is 3. The van der Waals surface area contributed by atoms with Gasteiger partial charge in [-0.05, 0) is 38.0 Å². The molecule has 2 heterocycles. The van der Waals surface area contributed by atoms with E-state index in [1.165, 1.54) is 12.8 Å². The van der Waals surface area contributed by atoms with Gasteiger partial charge in [0.05, 0.1) is 0 Å². The molecule has 5 nitrogen and oxygen atoms in total. The summed E-state index contributed by atoms with van der Waals surface area (Å²) in [6.07, 6.45) is 6.28. The predicted octanol–water partition coefficient (Wildman–Crippen LogP) is 2.82. The molecule has 1 unspecified atom stereocenters. The highest BCUT2D eigenvalue weighted by atomic mass is 16.2. The fourth-order valence-corrected chi connectivity index (χ4v) is 2.99. The molecule has 2 fully saturated rings. The summed E-state index contributed by atoms with van der Waals surface area (Å²) in [6.45, 7) is 6.02. The summed E-state index contributed by atoms with van der Waals surface area (Å²) in [5.74, 6) is 3.77. The number of hydrogen-bond donors (Lipinski definition) is 1. The standard InChI is InChI=1S/C16H26N4O/c1-11(2)5-8-14(21)20-9-3-4-13(10-20)16-17-15(18-19-16)12-6-7-12/h11-13H,3-10H2,1-2H3,(H,17,18,19). The highest BCUT2D eigenvalue weighted by molar-refractivity contribution is 5.76. The normalized spacial score (nSPS) is 22.8. The number of likely N-dealkylation sites (tertiary alicyclic amines) is 1. The third kappa shape index (κ3) is 3.63. The van der Waals surface area contributed by atoms with E-state index in [1.54, 1.807) is 0 Å². The maximum absolute atomic E-state index is 12.3. The smallest absolute Gasteiger partial charge is 0.222 e. The number of hydrogen-bond acceptors (Lipinski definition) is 3. The fourth-order valence-electron chi connectivity index (χ4n) is 2.99. The number of carbonyl (C=O) groups excluding carboxylic acids is 1. The lowest BCUT2D eigenvalue weighted by Crippen LogP contribution is -2.39. The lowest BCUT2D eigenvalue weighted by Gasteiger charge is -2.31. The first kappa shape index (κ1) is 14.5. The molecule has 116 valence electrons. The van der Waals surface area contributed by atoms with Crippen LogP contribution in [0.2, 0.25) is 0 Å². The molecule has 1 aromatic rings. The van der Waals surface area contributed by atoms with Crippen LogP contribution < -0.4 is 0 Å². The number of nitrogens with zero attached hydrogens (tertiary/aromatic N) is 3. The summed E-state index contributed by atoms with van der Waals surface area (Å²) >= 11 is 0. The molecule has 3 rings (SSSR count). The second-order valence-corrected chi connectivity index (χ2v) is 6.96. The van der Waals surface area contributed by atoms with Crippen LogP contribution in [0.25, 0.3) is 0 Å². The number of nitrogens with one attached hydrogen (secondary N) is 1. The molecule has 0 bridgehead atoms. The average molecular weight is 290 g/mol. The van der Waals surface area contributed by atoms with Gasteiger partial charge >= 0.3 is 0 Å². The SMILES string of the molecule is CC(C)CCC(=O)N1CCCC(c2n[nH]c(C3CC3)n2)C1. The van der Waals surface area contributed by atoms with Crippen molar-refractivity contribution in [2.24, 2.45) is 5.92 Å². The molecule has 1 saturated carbocycles. The van der Waals surface area contributed by atoms with E-state index in [-0.39, 0.29) is 0 Å². The van der Waals surface area contributed by atoms with Crippen molar-refractivity contribution in [2.75, 3.05) is 13.1 Å². The summed E-state index contributed by atoms with van der Waals surface area (Å²) in [4.78, 5) is 19.0. The Labute approximate surface area is 126 Å². The van der Waals surface area contributed by atoms with E-state index in [1.807, 2.05) is 4.90 Å². The number of piperidine rings is 1. The third-order valence-electron chi connectivity index (χ3n) is 4.56. The van der Waals surface area contributed by atoms with Gasteiger partial charge in [0.25, 0.3) is 0 Å². The average Bonchev–Trinajstić information content (AvgIpc) is 3.22. The Hall–Kier alpha value is -1.39. The van der Waals surface area contributed by atoms with Crippen LogP contribution in [0.15, 0.2) is 0 Å². The first-order valence-corrected chi connectivity index (χ1v) is 8.33. The van der Waals surface area contributed by atoms with Gasteiger partial charge in [-0.25, -0.2) is 4.98 Å². The van der Waals surface area contributed by atoms with E-state index in [9.17, 15) is 4.79 Å². The van der Waals surface area contributed by atoms with Crippen LogP contribution in [0.5, 0.6) is 0 Å². The fraction of sp³-hybridized carbons (Fsp3) is 0.812. The molecule has 21 heavy (non-hydrogen) atoms. The van der Waals surface area contributed by atoms with Gasteiger partial charge in [0.2, 0.25) is 5.91 Å². The predicted molar refractivity (Wildman–Crippen MR) is 81.0 cm³/mol. The van der Waals surface area contributed by atoms with Gasteiger partial charge in [-0.15, -0.1) is 0 Å². The van der Waals surface area contributed by atoms with Crippen molar-refractivity contribution in [3.63, 3.8) is 0 Å². The third-order valence-corrected chi connectivity index (χ3v) is 4.56. The van der Waals surface area contributed by atoms with E-state index in [2.05, 4.69) is 29.0 Å². The molecule has 1 aliphatic carbocycles. The van der Waals surface area contributed by atoms with Crippen molar-refractivity contribution in [3.8, 4) is 0 Å². The van der Waals surface area contributed by atoms with Crippen molar-refractivity contribution in [1.29, 1.82) is 0 Å². The molecule has 1 aliphatic heterocycles. The molecular formula is C16H26N4O. The first-order chi connectivity index (χ1) is 10.1. The molecule has 1 N–H and O–H groups in total. The van der Waals surface area contributed by atoms with Gasteiger partial charge in [-0.3, -0.25) is 9.89 Å². The van der Waals surface area contributed by atoms with Crippen LogP contribution in [-0.4, -0.2) is 39.1 Å². The van der Waals surface area contributed by atoms with Gasteiger partial charge in [0.15, 0.2) is 5.82 Å². The number of rotatable bonds is 5. The molecule has 1 saturated heterocycles. The highest BCUT2D eigenvalue weighted by Gasteiger charge is 2.31. The minimum Gasteiger partial charge on any atom is -0.342 e. The van der Waals surface area contributed by atoms with E-state index in [4.69, 9.17) is 0 Å². The van der Waals surface area contributed by atoms with Crippen LogP contribution in [0.3, 0.4) is 0 Å².